The Hall–Kier alpha value is -0.220. The number of hydrogen-bond acceptors (Lipinski definition) is 2. The van der Waals surface area contributed by atoms with Gasteiger partial charge in [0.1, 0.15) is 0 Å². The first-order valence-corrected chi connectivity index (χ1v) is 5.36. The van der Waals surface area contributed by atoms with Crippen molar-refractivity contribution in [2.45, 2.75) is 25.2 Å². The van der Waals surface area contributed by atoms with Crippen LogP contribution in [0.5, 0.6) is 0 Å². The summed E-state index contributed by atoms with van der Waals surface area (Å²) in [4.78, 5) is 0. The molecule has 0 saturated carbocycles. The van der Waals surface area contributed by atoms with E-state index >= 15 is 0 Å². The van der Waals surface area contributed by atoms with Crippen LogP contribution in [0.25, 0.3) is 0 Å². The van der Waals surface area contributed by atoms with E-state index in [0.717, 1.165) is 19.4 Å². The molecule has 1 unspecified atom stereocenters. The van der Waals surface area contributed by atoms with Crippen molar-refractivity contribution < 1.29 is 13.5 Å². The van der Waals surface area contributed by atoms with Gasteiger partial charge in [0, 0.05) is 19.1 Å². The third kappa shape index (κ3) is 2.06. The quantitative estimate of drug-likeness (QED) is 0.703. The molecule has 2 fully saturated rings. The smallest absolute Gasteiger partial charge is 0.263 e. The predicted molar refractivity (Wildman–Crippen MR) is 49.5 cm³/mol. The maximum absolute atomic E-state index is 13.6. The van der Waals surface area contributed by atoms with Crippen LogP contribution in [0.15, 0.2) is 0 Å². The van der Waals surface area contributed by atoms with Crippen LogP contribution in [0.4, 0.5) is 8.78 Å². The highest BCUT2D eigenvalue weighted by Gasteiger charge is 2.45. The van der Waals surface area contributed by atoms with Gasteiger partial charge in [-0.05, 0) is 31.7 Å². The summed E-state index contributed by atoms with van der Waals surface area (Å²) in [6.07, 6.45) is 2.22. The van der Waals surface area contributed by atoms with Gasteiger partial charge in [0.15, 0.2) is 0 Å². The Morgan fingerprint density at radius 2 is 1.86 bits per heavy atom. The molecule has 2 heterocycles. The third-order valence-electron chi connectivity index (χ3n) is 3.37. The van der Waals surface area contributed by atoms with Gasteiger partial charge in [-0.25, -0.2) is 8.78 Å². The van der Waals surface area contributed by atoms with E-state index in [9.17, 15) is 8.78 Å². The average molecular weight is 205 g/mol. The Morgan fingerprint density at radius 1 is 1.14 bits per heavy atom. The van der Waals surface area contributed by atoms with Gasteiger partial charge in [0.25, 0.3) is 5.92 Å². The maximum atomic E-state index is 13.6. The maximum Gasteiger partial charge on any atom is 0.263 e. The van der Waals surface area contributed by atoms with E-state index in [-0.39, 0.29) is 12.5 Å². The van der Waals surface area contributed by atoms with Crippen molar-refractivity contribution in [3.8, 4) is 0 Å². The summed E-state index contributed by atoms with van der Waals surface area (Å²) in [6, 6.07) is 0. The standard InChI is InChI=1S/C10H17F2NO/c11-10(12)7-13-4-1-9(10)8-2-5-14-6-3-8/h8-9,13H,1-7H2. The number of rotatable bonds is 1. The minimum absolute atomic E-state index is 0.144. The van der Waals surface area contributed by atoms with Crippen LogP contribution in [-0.4, -0.2) is 32.2 Å². The highest BCUT2D eigenvalue weighted by molar-refractivity contribution is 4.89. The molecule has 1 N–H and O–H groups in total. The van der Waals surface area contributed by atoms with Gasteiger partial charge in [-0.2, -0.15) is 0 Å². The molecule has 0 amide bonds. The van der Waals surface area contributed by atoms with Gasteiger partial charge >= 0.3 is 0 Å². The van der Waals surface area contributed by atoms with Crippen molar-refractivity contribution in [2.24, 2.45) is 11.8 Å². The Bertz CT molecular complexity index is 193. The van der Waals surface area contributed by atoms with Crippen molar-refractivity contribution in [1.82, 2.24) is 5.32 Å². The molecular formula is C10H17F2NO. The molecule has 4 heteroatoms. The van der Waals surface area contributed by atoms with Gasteiger partial charge in [-0.1, -0.05) is 0 Å². The lowest BCUT2D eigenvalue weighted by Crippen LogP contribution is -2.49. The predicted octanol–water partition coefficient (Wildman–Crippen LogP) is 1.66. The lowest BCUT2D eigenvalue weighted by molar-refractivity contribution is -0.110. The molecule has 14 heavy (non-hydrogen) atoms. The normalized spacial score (nSPS) is 34.3. The lowest BCUT2D eigenvalue weighted by Gasteiger charge is -2.38. The molecule has 0 radical (unpaired) electrons. The number of hydrogen-bond donors (Lipinski definition) is 1. The molecule has 0 aromatic heterocycles. The number of alkyl halides is 2. The van der Waals surface area contributed by atoms with Crippen molar-refractivity contribution in [3.63, 3.8) is 0 Å². The molecule has 0 aromatic rings. The van der Waals surface area contributed by atoms with Crippen LogP contribution in [0.2, 0.25) is 0 Å². The molecular weight excluding hydrogens is 188 g/mol. The summed E-state index contributed by atoms with van der Waals surface area (Å²) in [6.45, 7) is 1.90. The molecule has 0 aliphatic carbocycles. The minimum atomic E-state index is -2.51. The highest BCUT2D eigenvalue weighted by atomic mass is 19.3. The van der Waals surface area contributed by atoms with Crippen LogP contribution < -0.4 is 5.32 Å². The zero-order valence-electron chi connectivity index (χ0n) is 8.27. The molecule has 1 atom stereocenters. The number of halogens is 2. The van der Waals surface area contributed by atoms with Crippen molar-refractivity contribution >= 4 is 0 Å². The molecule has 2 saturated heterocycles. The zero-order valence-corrected chi connectivity index (χ0v) is 8.27. The summed E-state index contributed by atoms with van der Waals surface area (Å²) >= 11 is 0. The lowest BCUT2D eigenvalue weighted by atomic mass is 9.78. The third-order valence-corrected chi connectivity index (χ3v) is 3.37. The molecule has 2 nitrogen and oxygen atoms in total. The van der Waals surface area contributed by atoms with Crippen LogP contribution in [0, 0.1) is 11.8 Å². The van der Waals surface area contributed by atoms with Crippen molar-refractivity contribution in [3.05, 3.63) is 0 Å². The monoisotopic (exact) mass is 205 g/mol. The summed E-state index contributed by atoms with van der Waals surface area (Å²) < 4.78 is 32.3. The van der Waals surface area contributed by atoms with Gasteiger partial charge in [-0.3, -0.25) is 0 Å². The second kappa shape index (κ2) is 4.11. The average Bonchev–Trinajstić information content (AvgIpc) is 2.18. The topological polar surface area (TPSA) is 21.3 Å². The molecule has 0 bridgehead atoms. The van der Waals surface area contributed by atoms with E-state index in [1.807, 2.05) is 0 Å². The Labute approximate surface area is 83.0 Å². The fourth-order valence-electron chi connectivity index (χ4n) is 2.55. The zero-order chi connectivity index (χ0) is 10.0. The van der Waals surface area contributed by atoms with Crippen LogP contribution >= 0.6 is 0 Å². The number of ether oxygens (including phenoxy) is 1. The molecule has 2 aliphatic heterocycles. The second-order valence-electron chi connectivity index (χ2n) is 4.28. The van der Waals surface area contributed by atoms with Crippen LogP contribution in [-0.2, 0) is 4.74 Å². The van der Waals surface area contributed by atoms with Gasteiger partial charge < -0.3 is 10.1 Å². The Balaban J connectivity index is 1.99. The van der Waals surface area contributed by atoms with Gasteiger partial charge in [0.2, 0.25) is 0 Å². The summed E-state index contributed by atoms with van der Waals surface area (Å²) in [5.74, 6) is -2.77. The first kappa shape index (κ1) is 10.3. The van der Waals surface area contributed by atoms with Crippen LogP contribution in [0.1, 0.15) is 19.3 Å². The van der Waals surface area contributed by atoms with E-state index < -0.39 is 11.8 Å². The SMILES string of the molecule is FC1(F)CNCCC1C1CCOCC1. The largest absolute Gasteiger partial charge is 0.381 e. The van der Waals surface area contributed by atoms with E-state index in [4.69, 9.17) is 4.74 Å². The fourth-order valence-corrected chi connectivity index (χ4v) is 2.55. The highest BCUT2D eigenvalue weighted by Crippen LogP contribution is 2.39. The molecule has 2 aliphatic rings. The number of nitrogens with one attached hydrogen (secondary N) is 1. The summed E-state index contributed by atoms with van der Waals surface area (Å²) in [5.41, 5.74) is 0. The van der Waals surface area contributed by atoms with Crippen molar-refractivity contribution in [1.29, 1.82) is 0 Å². The second-order valence-corrected chi connectivity index (χ2v) is 4.28. The first-order chi connectivity index (χ1) is 6.70. The van der Waals surface area contributed by atoms with E-state index in [2.05, 4.69) is 5.32 Å². The Kier molecular flexibility index (Phi) is 3.02. The van der Waals surface area contributed by atoms with Gasteiger partial charge in [0.05, 0.1) is 6.54 Å². The van der Waals surface area contributed by atoms with E-state index in [0.29, 0.717) is 19.6 Å². The first-order valence-electron chi connectivity index (χ1n) is 5.36. The van der Waals surface area contributed by atoms with Crippen molar-refractivity contribution in [2.75, 3.05) is 26.3 Å². The molecule has 82 valence electrons. The van der Waals surface area contributed by atoms with E-state index in [1.54, 1.807) is 0 Å². The Morgan fingerprint density at radius 3 is 2.50 bits per heavy atom. The summed E-state index contributed by atoms with van der Waals surface area (Å²) in [5, 5.41) is 2.76. The molecule has 0 aromatic carbocycles. The van der Waals surface area contributed by atoms with Gasteiger partial charge in [-0.15, -0.1) is 0 Å². The van der Waals surface area contributed by atoms with Crippen LogP contribution in [0.3, 0.4) is 0 Å². The number of piperidine rings is 1. The minimum Gasteiger partial charge on any atom is -0.381 e. The fraction of sp³-hybridized carbons (Fsp3) is 1.00. The molecule has 0 spiro atoms. The van der Waals surface area contributed by atoms with E-state index in [1.165, 1.54) is 0 Å². The summed E-state index contributed by atoms with van der Waals surface area (Å²) in [7, 11) is 0. The molecule has 2 rings (SSSR count).